The fourth-order valence-electron chi connectivity index (χ4n) is 7.69. The van der Waals surface area contributed by atoms with Gasteiger partial charge in [-0.3, -0.25) is 14.4 Å². The van der Waals surface area contributed by atoms with E-state index in [0.29, 0.717) is 45.2 Å². The highest BCUT2D eigenvalue weighted by Gasteiger charge is 2.78. The third-order valence-corrected chi connectivity index (χ3v) is 8.91. The monoisotopic (exact) mass is 560 g/mol. The molecule has 3 heterocycles. The molecule has 8 heteroatoms. The summed E-state index contributed by atoms with van der Waals surface area (Å²) in [6.07, 6.45) is 8.92. The molecule has 3 fully saturated rings. The normalized spacial score (nSPS) is 29.4. The first-order valence-corrected chi connectivity index (χ1v) is 15.0. The van der Waals surface area contributed by atoms with Crippen LogP contribution in [0.2, 0.25) is 0 Å². The van der Waals surface area contributed by atoms with Crippen molar-refractivity contribution in [2.24, 2.45) is 17.3 Å². The van der Waals surface area contributed by atoms with Crippen LogP contribution in [-0.4, -0.2) is 81.8 Å². The first kappa shape index (κ1) is 32.3. The van der Waals surface area contributed by atoms with Gasteiger partial charge >= 0.3 is 5.97 Å². The quantitative estimate of drug-likeness (QED) is 0.178. The van der Waals surface area contributed by atoms with E-state index < -0.39 is 40.6 Å². The van der Waals surface area contributed by atoms with Crippen LogP contribution in [0, 0.1) is 17.3 Å². The molecule has 1 N–H and O–H groups in total. The second-order valence-corrected chi connectivity index (χ2v) is 13.9. The molecule has 0 saturated carbocycles. The van der Waals surface area contributed by atoms with Gasteiger partial charge in [0.15, 0.2) is 0 Å². The molecule has 0 aromatic rings. The number of rotatable bonds is 15. The zero-order valence-corrected chi connectivity index (χ0v) is 25.7. The Kier molecular flexibility index (Phi) is 9.99. The molecule has 0 aliphatic carbocycles. The lowest BCUT2D eigenvalue weighted by Crippen LogP contribution is -2.61. The largest absolute Gasteiger partial charge is 0.465 e. The molecule has 40 heavy (non-hydrogen) atoms. The Morgan fingerprint density at radius 1 is 1.12 bits per heavy atom. The number of nitrogens with zero attached hydrogens (tertiary/aromatic N) is 2. The summed E-state index contributed by atoms with van der Waals surface area (Å²) in [6.45, 7) is 21.2. The summed E-state index contributed by atoms with van der Waals surface area (Å²) in [5.41, 5.74) is -2.47. The summed E-state index contributed by atoms with van der Waals surface area (Å²) in [5, 5.41) is 9.18. The van der Waals surface area contributed by atoms with Gasteiger partial charge in [-0.1, -0.05) is 45.8 Å². The summed E-state index contributed by atoms with van der Waals surface area (Å²) >= 11 is 0. The number of amides is 2. The molecule has 3 aliphatic rings. The minimum atomic E-state index is -1.08. The Labute approximate surface area is 241 Å². The van der Waals surface area contributed by atoms with Gasteiger partial charge in [-0.25, -0.2) is 0 Å². The molecule has 3 rings (SSSR count). The van der Waals surface area contributed by atoms with E-state index in [4.69, 9.17) is 9.47 Å². The Morgan fingerprint density at radius 3 is 2.40 bits per heavy atom. The third-order valence-electron chi connectivity index (χ3n) is 8.91. The first-order chi connectivity index (χ1) is 18.7. The van der Waals surface area contributed by atoms with Crippen molar-refractivity contribution in [3.05, 3.63) is 25.3 Å². The predicted molar refractivity (Wildman–Crippen MR) is 155 cm³/mol. The van der Waals surface area contributed by atoms with Crippen molar-refractivity contribution in [3.63, 3.8) is 0 Å². The smallest absolute Gasteiger partial charge is 0.312 e. The van der Waals surface area contributed by atoms with Crippen LogP contribution < -0.4 is 0 Å². The van der Waals surface area contributed by atoms with Crippen LogP contribution in [0.3, 0.4) is 0 Å². The zero-order chi connectivity index (χ0) is 29.9. The maximum Gasteiger partial charge on any atom is 0.312 e. The first-order valence-electron chi connectivity index (χ1n) is 15.0. The molecule has 5 atom stereocenters. The summed E-state index contributed by atoms with van der Waals surface area (Å²) in [7, 11) is 0. The Hall–Kier alpha value is -2.19. The number of esters is 1. The van der Waals surface area contributed by atoms with Gasteiger partial charge in [0.25, 0.3) is 0 Å². The van der Waals surface area contributed by atoms with Crippen LogP contribution in [-0.2, 0) is 23.9 Å². The van der Waals surface area contributed by atoms with Gasteiger partial charge in [0.1, 0.15) is 17.6 Å². The van der Waals surface area contributed by atoms with Gasteiger partial charge in [-0.2, -0.15) is 0 Å². The number of fused-ring (bicyclic) bond motifs is 1. The summed E-state index contributed by atoms with van der Waals surface area (Å²) < 4.78 is 12.3. The minimum absolute atomic E-state index is 0.0298. The maximum absolute atomic E-state index is 14.7. The molecule has 0 aromatic carbocycles. The van der Waals surface area contributed by atoms with E-state index in [1.165, 1.54) is 0 Å². The molecule has 2 amide bonds. The van der Waals surface area contributed by atoms with Crippen LogP contribution in [0.5, 0.6) is 0 Å². The van der Waals surface area contributed by atoms with Gasteiger partial charge in [0.2, 0.25) is 11.8 Å². The fourth-order valence-corrected chi connectivity index (χ4v) is 7.69. The van der Waals surface area contributed by atoms with Gasteiger partial charge in [0.05, 0.1) is 18.1 Å². The number of hydrogen-bond acceptors (Lipinski definition) is 6. The van der Waals surface area contributed by atoms with Gasteiger partial charge in [-0.15, -0.1) is 13.2 Å². The highest BCUT2D eigenvalue weighted by molar-refractivity contribution is 5.98. The molecular formula is C32H52N2O6. The van der Waals surface area contributed by atoms with Crippen LogP contribution in [0.1, 0.15) is 92.9 Å². The van der Waals surface area contributed by atoms with Crippen molar-refractivity contribution in [2.45, 2.75) is 116 Å². The highest BCUT2D eigenvalue weighted by atomic mass is 16.6. The molecule has 0 radical (unpaired) electrons. The number of carbonyl (C=O) groups excluding carboxylic acids is 3. The van der Waals surface area contributed by atoms with E-state index in [1.807, 2.05) is 11.8 Å². The van der Waals surface area contributed by atoms with Gasteiger partial charge in [0, 0.05) is 25.2 Å². The zero-order valence-electron chi connectivity index (χ0n) is 25.7. The number of unbranched alkanes of at least 4 members (excludes halogenated alkanes) is 3. The Morgan fingerprint density at radius 2 is 1.80 bits per heavy atom. The molecule has 2 unspecified atom stereocenters. The summed E-state index contributed by atoms with van der Waals surface area (Å²) in [4.78, 5) is 45.9. The van der Waals surface area contributed by atoms with Crippen molar-refractivity contribution in [1.82, 2.24) is 9.80 Å². The summed E-state index contributed by atoms with van der Waals surface area (Å²) in [5.74, 6) is -2.29. The minimum Gasteiger partial charge on any atom is -0.465 e. The molecule has 2 bridgehead atoms. The molecule has 0 aromatic heterocycles. The SMILES string of the molecule is C=CCCOC(=O)[C@H]1[C@H]2C(=O)N(CCCCCCO)C(C(=O)N(CC=C)C(C)(C)CC(C)(C)C)C23CC[C@]1(C)O3. The van der Waals surface area contributed by atoms with E-state index in [-0.39, 0.29) is 30.4 Å². The lowest BCUT2D eigenvalue weighted by molar-refractivity contribution is -0.161. The maximum atomic E-state index is 14.7. The van der Waals surface area contributed by atoms with E-state index in [0.717, 1.165) is 19.3 Å². The number of aliphatic hydroxyl groups excluding tert-OH is 1. The van der Waals surface area contributed by atoms with Crippen molar-refractivity contribution in [3.8, 4) is 0 Å². The molecule has 3 aliphatic heterocycles. The van der Waals surface area contributed by atoms with Crippen LogP contribution in [0.25, 0.3) is 0 Å². The van der Waals surface area contributed by atoms with E-state index in [1.54, 1.807) is 17.1 Å². The lowest BCUT2D eigenvalue weighted by Gasteiger charge is -2.45. The third kappa shape index (κ3) is 6.18. The lowest BCUT2D eigenvalue weighted by atomic mass is 9.66. The number of hydrogen-bond donors (Lipinski definition) is 1. The van der Waals surface area contributed by atoms with Crippen molar-refractivity contribution in [2.75, 3.05) is 26.3 Å². The predicted octanol–water partition coefficient (Wildman–Crippen LogP) is 4.65. The molecule has 226 valence electrons. The van der Waals surface area contributed by atoms with E-state index >= 15 is 0 Å². The van der Waals surface area contributed by atoms with Crippen molar-refractivity contribution < 1.29 is 29.0 Å². The molecule has 8 nitrogen and oxygen atoms in total. The number of carbonyl (C=O) groups is 3. The second kappa shape index (κ2) is 12.4. The number of likely N-dealkylation sites (tertiary alicyclic amines) is 1. The van der Waals surface area contributed by atoms with Gasteiger partial charge < -0.3 is 24.4 Å². The van der Waals surface area contributed by atoms with Crippen LogP contribution in [0.4, 0.5) is 0 Å². The average Bonchev–Trinajstić information content (AvgIpc) is 3.41. The second-order valence-electron chi connectivity index (χ2n) is 13.9. The van der Waals surface area contributed by atoms with E-state index in [9.17, 15) is 19.5 Å². The van der Waals surface area contributed by atoms with Crippen LogP contribution >= 0.6 is 0 Å². The van der Waals surface area contributed by atoms with Crippen molar-refractivity contribution >= 4 is 17.8 Å². The summed E-state index contributed by atoms with van der Waals surface area (Å²) in [6, 6.07) is -0.824. The average molecular weight is 561 g/mol. The van der Waals surface area contributed by atoms with Crippen LogP contribution in [0.15, 0.2) is 25.3 Å². The fraction of sp³-hybridized carbons (Fsp3) is 0.781. The number of ether oxygens (including phenoxy) is 2. The number of aliphatic hydroxyl groups is 1. The van der Waals surface area contributed by atoms with Gasteiger partial charge in [-0.05, 0) is 64.7 Å². The topological polar surface area (TPSA) is 96.4 Å². The molecule has 1 spiro atoms. The Balaban J connectivity index is 2.02. The molecular weight excluding hydrogens is 508 g/mol. The Bertz CT molecular complexity index is 971. The van der Waals surface area contributed by atoms with E-state index in [2.05, 4.69) is 47.8 Å². The standard InChI is InChI=1S/C32H52N2O6/c1-9-11-21-39-28(38)24-23-26(36)33(19-14-12-13-15-20-35)25(32(23)17-16-31(24,8)40-32)27(37)34(18-10-2)30(6,7)22-29(3,4)5/h9-10,23-25,35H,1-2,11-22H2,3-8H3/t23-,24+,25?,31-,32?/m0/s1. The van der Waals surface area contributed by atoms with Crippen molar-refractivity contribution in [1.29, 1.82) is 0 Å². The molecule has 3 saturated heterocycles. The highest BCUT2D eigenvalue weighted by Crippen LogP contribution is 2.63.